The number of nitrogen functional groups attached to an aromatic ring is 1. The first-order valence-corrected chi connectivity index (χ1v) is 7.15. The summed E-state index contributed by atoms with van der Waals surface area (Å²) in [5, 5.41) is 0. The van der Waals surface area contributed by atoms with Crippen LogP contribution in [0.1, 0.15) is 28.3 Å². The molecule has 1 fully saturated rings. The molecule has 0 radical (unpaired) electrons. The molecule has 3 N–H and O–H groups in total. The summed E-state index contributed by atoms with van der Waals surface area (Å²) in [6.45, 7) is 2.68. The van der Waals surface area contributed by atoms with Gasteiger partial charge in [-0.2, -0.15) is 11.8 Å². The van der Waals surface area contributed by atoms with E-state index in [9.17, 15) is 4.79 Å². The number of hydrogen-bond acceptors (Lipinski definition) is 5. The van der Waals surface area contributed by atoms with E-state index < -0.39 is 0 Å². The Morgan fingerprint density at radius 2 is 2.50 bits per heavy atom. The normalized spacial score (nSPS) is 19.4. The lowest BCUT2D eigenvalue weighted by molar-refractivity contribution is 0.0924. The minimum Gasteiger partial charge on any atom is -0.456 e. The molecule has 1 aliphatic heterocycles. The molecular formula is C12H19N3O2S. The summed E-state index contributed by atoms with van der Waals surface area (Å²) in [6, 6.07) is 2.40. The van der Waals surface area contributed by atoms with Gasteiger partial charge in [0.2, 0.25) is 0 Å². The molecule has 0 aliphatic carbocycles. The molecular weight excluding hydrogens is 250 g/mol. The second-order valence-electron chi connectivity index (χ2n) is 4.60. The Morgan fingerprint density at radius 3 is 3.11 bits per heavy atom. The maximum Gasteiger partial charge on any atom is 0.300 e. The predicted molar refractivity (Wildman–Crippen MR) is 72.3 cm³/mol. The van der Waals surface area contributed by atoms with Crippen molar-refractivity contribution >= 4 is 17.7 Å². The van der Waals surface area contributed by atoms with Crippen molar-refractivity contribution in [1.29, 1.82) is 0 Å². The van der Waals surface area contributed by atoms with Gasteiger partial charge >= 0.3 is 5.91 Å². The lowest BCUT2D eigenvalue weighted by atomic mass is 10.2. The van der Waals surface area contributed by atoms with Crippen LogP contribution in [0, 0.1) is 6.92 Å². The Morgan fingerprint density at radius 1 is 1.72 bits per heavy atom. The SMILES string of the molecule is Cc1oc(C(=O)NN)cc1CN(C)C1CCSC1. The van der Waals surface area contributed by atoms with Crippen LogP contribution < -0.4 is 11.3 Å². The van der Waals surface area contributed by atoms with Crippen molar-refractivity contribution in [2.45, 2.75) is 25.9 Å². The monoisotopic (exact) mass is 269 g/mol. The average molecular weight is 269 g/mol. The first-order chi connectivity index (χ1) is 8.61. The molecule has 1 aromatic rings. The van der Waals surface area contributed by atoms with Crippen molar-refractivity contribution in [1.82, 2.24) is 10.3 Å². The van der Waals surface area contributed by atoms with Gasteiger partial charge in [-0.25, -0.2) is 5.84 Å². The van der Waals surface area contributed by atoms with E-state index in [1.165, 1.54) is 17.9 Å². The Balaban J connectivity index is 2.04. The second-order valence-corrected chi connectivity index (χ2v) is 5.75. The molecule has 100 valence electrons. The van der Waals surface area contributed by atoms with Crippen molar-refractivity contribution < 1.29 is 9.21 Å². The van der Waals surface area contributed by atoms with E-state index in [1.807, 2.05) is 18.7 Å². The number of nitrogens with one attached hydrogen (secondary N) is 1. The van der Waals surface area contributed by atoms with Gasteiger partial charge in [-0.1, -0.05) is 0 Å². The number of hydrazine groups is 1. The number of rotatable bonds is 4. The molecule has 1 aliphatic rings. The Bertz CT molecular complexity index is 427. The molecule has 6 heteroatoms. The van der Waals surface area contributed by atoms with Crippen LogP contribution in [0.5, 0.6) is 0 Å². The highest BCUT2D eigenvalue weighted by Crippen LogP contribution is 2.24. The third-order valence-electron chi connectivity index (χ3n) is 3.32. The van der Waals surface area contributed by atoms with Crippen LogP contribution in [0.2, 0.25) is 0 Å². The van der Waals surface area contributed by atoms with Crippen molar-refractivity contribution in [2.24, 2.45) is 5.84 Å². The minimum atomic E-state index is -0.386. The third-order valence-corrected chi connectivity index (χ3v) is 4.47. The number of amides is 1. The van der Waals surface area contributed by atoms with Gasteiger partial charge in [-0.3, -0.25) is 15.1 Å². The molecule has 0 bridgehead atoms. The van der Waals surface area contributed by atoms with E-state index >= 15 is 0 Å². The number of thioether (sulfide) groups is 1. The largest absolute Gasteiger partial charge is 0.456 e. The number of carbonyl (C=O) groups excluding carboxylic acids is 1. The standard InChI is InChI=1S/C12H19N3O2S/c1-8-9(5-11(17-8)12(16)14-13)6-15(2)10-3-4-18-7-10/h5,10H,3-4,6-7,13H2,1-2H3,(H,14,16). The fraction of sp³-hybridized carbons (Fsp3) is 0.583. The van der Waals surface area contributed by atoms with Crippen LogP contribution in [0.3, 0.4) is 0 Å². The fourth-order valence-electron chi connectivity index (χ4n) is 2.13. The number of carbonyl (C=O) groups is 1. The van der Waals surface area contributed by atoms with E-state index in [-0.39, 0.29) is 11.7 Å². The molecule has 1 saturated heterocycles. The highest BCUT2D eigenvalue weighted by molar-refractivity contribution is 7.99. The summed E-state index contributed by atoms with van der Waals surface area (Å²) < 4.78 is 5.41. The van der Waals surface area contributed by atoms with Gasteiger partial charge in [0.1, 0.15) is 5.76 Å². The van der Waals surface area contributed by atoms with Gasteiger partial charge in [0.25, 0.3) is 0 Å². The second kappa shape index (κ2) is 5.77. The van der Waals surface area contributed by atoms with E-state index in [4.69, 9.17) is 10.3 Å². The van der Waals surface area contributed by atoms with Crippen molar-refractivity contribution in [3.8, 4) is 0 Å². The number of nitrogens with two attached hydrogens (primary N) is 1. The van der Waals surface area contributed by atoms with Gasteiger partial charge in [-0.05, 0) is 32.2 Å². The lowest BCUT2D eigenvalue weighted by Crippen LogP contribution is -2.31. The summed E-state index contributed by atoms with van der Waals surface area (Å²) in [6.07, 6.45) is 1.23. The van der Waals surface area contributed by atoms with Crippen LogP contribution >= 0.6 is 11.8 Å². The zero-order chi connectivity index (χ0) is 13.1. The molecule has 2 heterocycles. The Hall–Kier alpha value is -0.980. The zero-order valence-corrected chi connectivity index (χ0v) is 11.5. The minimum absolute atomic E-state index is 0.277. The summed E-state index contributed by atoms with van der Waals surface area (Å²) in [7, 11) is 2.12. The number of nitrogens with zero attached hydrogens (tertiary/aromatic N) is 1. The van der Waals surface area contributed by atoms with Crippen LogP contribution in [0.4, 0.5) is 0 Å². The van der Waals surface area contributed by atoms with Crippen molar-refractivity contribution in [3.63, 3.8) is 0 Å². The molecule has 1 unspecified atom stereocenters. The highest BCUT2D eigenvalue weighted by Gasteiger charge is 2.22. The molecule has 0 saturated carbocycles. The third kappa shape index (κ3) is 2.88. The molecule has 1 amide bonds. The van der Waals surface area contributed by atoms with Crippen LogP contribution in [-0.4, -0.2) is 35.4 Å². The van der Waals surface area contributed by atoms with Crippen LogP contribution in [-0.2, 0) is 6.54 Å². The first kappa shape index (κ1) is 13.5. The predicted octanol–water partition coefficient (Wildman–Crippen LogP) is 1.13. The topological polar surface area (TPSA) is 71.5 Å². The summed E-state index contributed by atoms with van der Waals surface area (Å²) in [4.78, 5) is 13.7. The number of aryl methyl sites for hydroxylation is 1. The van der Waals surface area contributed by atoms with Gasteiger partial charge in [0, 0.05) is 23.9 Å². The number of hydrogen-bond donors (Lipinski definition) is 2. The quantitative estimate of drug-likeness (QED) is 0.487. The summed E-state index contributed by atoms with van der Waals surface area (Å²) in [5.41, 5.74) is 3.13. The maximum absolute atomic E-state index is 11.4. The van der Waals surface area contributed by atoms with Crippen LogP contribution in [0.15, 0.2) is 10.5 Å². The van der Waals surface area contributed by atoms with Gasteiger partial charge in [0.05, 0.1) is 0 Å². The molecule has 1 atom stereocenters. The van der Waals surface area contributed by atoms with Crippen LogP contribution in [0.25, 0.3) is 0 Å². The van der Waals surface area contributed by atoms with Gasteiger partial charge in [0.15, 0.2) is 5.76 Å². The fourth-order valence-corrected chi connectivity index (χ4v) is 3.43. The molecule has 0 aromatic carbocycles. The van der Waals surface area contributed by atoms with E-state index in [0.29, 0.717) is 6.04 Å². The first-order valence-electron chi connectivity index (χ1n) is 6.00. The molecule has 1 aromatic heterocycles. The van der Waals surface area contributed by atoms with E-state index in [0.717, 1.165) is 17.9 Å². The van der Waals surface area contributed by atoms with Gasteiger partial charge < -0.3 is 4.42 Å². The van der Waals surface area contributed by atoms with E-state index in [2.05, 4.69) is 17.4 Å². The lowest BCUT2D eigenvalue weighted by Gasteiger charge is -2.22. The molecule has 5 nitrogen and oxygen atoms in total. The summed E-state index contributed by atoms with van der Waals surface area (Å²) >= 11 is 1.99. The van der Waals surface area contributed by atoms with Crippen molar-refractivity contribution in [3.05, 3.63) is 23.2 Å². The molecule has 18 heavy (non-hydrogen) atoms. The molecule has 0 spiro atoms. The zero-order valence-electron chi connectivity index (χ0n) is 10.7. The Labute approximate surface area is 111 Å². The van der Waals surface area contributed by atoms with Gasteiger partial charge in [-0.15, -0.1) is 0 Å². The summed E-state index contributed by atoms with van der Waals surface area (Å²) in [5.74, 6) is 8.19. The van der Waals surface area contributed by atoms with Crippen molar-refractivity contribution in [2.75, 3.05) is 18.6 Å². The van der Waals surface area contributed by atoms with E-state index in [1.54, 1.807) is 6.07 Å². The highest BCUT2D eigenvalue weighted by atomic mass is 32.2. The smallest absolute Gasteiger partial charge is 0.300 e. The maximum atomic E-state index is 11.4. The number of furan rings is 1. The average Bonchev–Trinajstić information content (AvgIpc) is 2.99. The molecule has 2 rings (SSSR count). The Kier molecular flexibility index (Phi) is 4.31.